The summed E-state index contributed by atoms with van der Waals surface area (Å²) in [4.78, 5) is 0.0125. The molecule has 0 bridgehead atoms. The molecule has 2 heterocycles. The lowest BCUT2D eigenvalue weighted by molar-refractivity contribution is 0.393. The first kappa shape index (κ1) is 73.5. The maximum atomic E-state index is 16.8. The molecule has 95 heavy (non-hydrogen) atoms. The van der Waals surface area contributed by atoms with Crippen LogP contribution in [0.3, 0.4) is 0 Å². The lowest BCUT2D eigenvalue weighted by Gasteiger charge is -2.40. The van der Waals surface area contributed by atoms with Crippen molar-refractivity contribution in [3.05, 3.63) is 205 Å². The molecule has 0 radical (unpaired) electrons. The molecule has 0 spiro atoms. The second kappa shape index (κ2) is 25.2. The van der Waals surface area contributed by atoms with Crippen LogP contribution in [0.15, 0.2) is 131 Å². The summed E-state index contributed by atoms with van der Waals surface area (Å²) in [6.45, 7) is 60.4. The highest BCUT2D eigenvalue weighted by molar-refractivity contribution is 7.99. The van der Waals surface area contributed by atoms with Gasteiger partial charge in [0.25, 0.3) is 20.0 Å². The maximum Gasteiger partial charge on any atom is 0.432 e. The molecule has 10 nitrogen and oxygen atoms in total. The zero-order valence-electron chi connectivity index (χ0n) is 62.3. The van der Waals surface area contributed by atoms with Gasteiger partial charge in [0.2, 0.25) is 0 Å². The van der Waals surface area contributed by atoms with Crippen LogP contribution in [0.1, 0.15) is 275 Å². The Morgan fingerprint density at radius 1 is 0.358 bits per heavy atom. The van der Waals surface area contributed by atoms with E-state index in [0.29, 0.717) is 28.6 Å². The fourth-order valence-electron chi connectivity index (χ4n) is 12.3. The first-order chi connectivity index (χ1) is 43.3. The zero-order valence-corrected chi connectivity index (χ0v) is 65.7. The molecule has 0 aliphatic carbocycles. The highest BCUT2D eigenvalue weighted by atomic mass is 32.2. The van der Waals surface area contributed by atoms with Crippen molar-refractivity contribution in [2.24, 2.45) is 0 Å². The van der Waals surface area contributed by atoms with Gasteiger partial charge < -0.3 is 18.1 Å². The lowest BCUT2D eigenvalue weighted by Crippen LogP contribution is -2.34. The van der Waals surface area contributed by atoms with Crippen molar-refractivity contribution < 1.29 is 34.9 Å². The Hall–Kier alpha value is -5.74. The van der Waals surface area contributed by atoms with Crippen molar-refractivity contribution in [1.29, 1.82) is 0 Å². The number of benzene rings is 7. The fourth-order valence-corrected chi connectivity index (χ4v) is 19.3. The van der Waals surface area contributed by atoms with E-state index in [1.54, 1.807) is 66.7 Å². The molecule has 7 aromatic carbocycles. The van der Waals surface area contributed by atoms with Crippen molar-refractivity contribution in [3.63, 3.8) is 0 Å². The van der Waals surface area contributed by atoms with Crippen molar-refractivity contribution in [2.75, 3.05) is 4.08 Å². The quantitative estimate of drug-likeness (QED) is 0.131. The van der Waals surface area contributed by atoms with Crippen LogP contribution < -0.4 is 22.2 Å². The van der Waals surface area contributed by atoms with Crippen molar-refractivity contribution in [2.45, 2.75) is 265 Å². The molecule has 0 unspecified atom stereocenters. The molecule has 0 aromatic heterocycles. The fraction of sp³-hybridized carbons (Fsp3) is 0.481. The Labute approximate surface area is 575 Å². The van der Waals surface area contributed by atoms with E-state index in [2.05, 4.69) is 229 Å². The lowest BCUT2D eigenvalue weighted by atomic mass is 9.74. The van der Waals surface area contributed by atoms with Gasteiger partial charge in [-0.1, -0.05) is 282 Å². The second-order valence-corrected chi connectivity index (χ2v) is 41.8. The molecule has 2 aliphatic heterocycles. The Balaban J connectivity index is 1.41. The molecule has 0 saturated heterocycles. The van der Waals surface area contributed by atoms with Crippen molar-refractivity contribution in [1.82, 2.24) is 4.08 Å². The van der Waals surface area contributed by atoms with Crippen LogP contribution in [0, 0.1) is 13.8 Å². The van der Waals surface area contributed by atoms with Gasteiger partial charge in [-0.15, -0.1) is 4.08 Å². The van der Waals surface area contributed by atoms with Gasteiger partial charge in [0, 0.05) is 56.3 Å². The van der Waals surface area contributed by atoms with Crippen molar-refractivity contribution in [3.8, 4) is 23.0 Å². The predicted octanol–water partition coefficient (Wildman–Crippen LogP) is 22.8. The maximum absolute atomic E-state index is 16.8. The molecule has 0 saturated carbocycles. The summed E-state index contributed by atoms with van der Waals surface area (Å²) in [5.74, 6) is 1.61. The monoisotopic (exact) mass is 1360 g/mol. The van der Waals surface area contributed by atoms with Gasteiger partial charge in [-0.25, -0.2) is 16.8 Å². The van der Waals surface area contributed by atoms with Crippen LogP contribution in [0.4, 0.5) is 5.69 Å². The summed E-state index contributed by atoms with van der Waals surface area (Å²) in [6.07, 6.45) is 0. The average molecular weight is 1360 g/mol. The number of para-hydroxylation sites is 1. The molecule has 14 heteroatoms. The number of hydrogen-bond acceptors (Lipinski definition) is 8. The van der Waals surface area contributed by atoms with Crippen LogP contribution in [0.25, 0.3) is 0 Å². The number of nitrogens with zero attached hydrogens (tertiary/aromatic N) is 2. The number of rotatable bonds is 9. The summed E-state index contributed by atoms with van der Waals surface area (Å²) in [6, 6.07) is 38.7. The Bertz CT molecular complexity index is 4120. The van der Waals surface area contributed by atoms with Gasteiger partial charge in [0.1, 0.15) is 23.0 Å². The minimum atomic E-state index is -4.74. The van der Waals surface area contributed by atoms with Gasteiger partial charge in [-0.05, 0) is 115 Å². The topological polar surface area (TPSA) is 112 Å². The van der Waals surface area contributed by atoms with Gasteiger partial charge in [-0.3, -0.25) is 0 Å². The molecule has 512 valence electrons. The minimum absolute atomic E-state index is 0.00192. The van der Waals surface area contributed by atoms with E-state index in [-0.39, 0.29) is 49.0 Å². The summed E-state index contributed by atoms with van der Waals surface area (Å²) < 4.78 is 100. The number of aryl methyl sites for hydroxylation is 2. The molecule has 0 N–H and O–H groups in total. The van der Waals surface area contributed by atoms with Crippen LogP contribution in [-0.4, -0.2) is 20.9 Å². The van der Waals surface area contributed by atoms with Crippen molar-refractivity contribution >= 4 is 42.8 Å². The van der Waals surface area contributed by atoms with E-state index in [1.165, 1.54) is 8.15 Å². The van der Waals surface area contributed by atoms with Crippen LogP contribution in [-0.2, 0) is 69.9 Å². The first-order valence-electron chi connectivity index (χ1n) is 33.7. The molecular weight excluding hydrogens is 1250 g/mol. The van der Waals surface area contributed by atoms with Gasteiger partial charge in [-0.2, -0.15) is 4.08 Å². The molecule has 7 aromatic rings. The van der Waals surface area contributed by atoms with Crippen LogP contribution in [0.2, 0.25) is 0 Å². The third kappa shape index (κ3) is 15.0. The first-order valence-corrected chi connectivity index (χ1v) is 38.8. The number of sulfonamides is 2. The minimum Gasteiger partial charge on any atom is -0.426 e. The van der Waals surface area contributed by atoms with E-state index in [1.807, 2.05) is 19.9 Å². The third-order valence-electron chi connectivity index (χ3n) is 18.7. The smallest absolute Gasteiger partial charge is 0.426 e. The summed E-state index contributed by atoms with van der Waals surface area (Å²) >= 11 is 0. The normalized spacial score (nSPS) is 17.7. The molecule has 0 fully saturated rings. The van der Waals surface area contributed by atoms with E-state index < -0.39 is 65.3 Å². The van der Waals surface area contributed by atoms with Gasteiger partial charge >= 0.3 is 17.1 Å². The molecule has 0 amide bonds. The van der Waals surface area contributed by atoms with Gasteiger partial charge in [0.15, 0.2) is 0 Å². The standard InChI is InChI=1S/C81H108N2O8P2S2/c1-50-33-37-59(38-34-50)94(84,85)82(92-88-70-61(41-55(74(5,6)7)45-65(70)78(17,18)19)52(3)62-42-56(75(8,9)10)46-66(71(62)89-92)79(20,21)22)49-54-31-29-30-32-69(54)83(95(86,87)60-39-35-51(2)36-40-60)93-90-72-63(43-57(76(11,12)13)47-67(72)80(23,24)25)53(4)64-44-58(77(14,15)16)48-68(73(64)91-93)81(26,27)28/h29-48,52-53H,49H2,1-28H3. The number of fused-ring (bicyclic) bond motifs is 4. The highest BCUT2D eigenvalue weighted by Gasteiger charge is 2.48. The zero-order chi connectivity index (χ0) is 70.8. The Morgan fingerprint density at radius 3 is 0.916 bits per heavy atom. The Kier molecular flexibility index (Phi) is 19.5. The van der Waals surface area contributed by atoms with E-state index >= 15 is 16.8 Å². The van der Waals surface area contributed by atoms with E-state index in [9.17, 15) is 0 Å². The van der Waals surface area contributed by atoms with E-state index in [0.717, 1.165) is 77.9 Å². The molecular formula is C81H108N2O8P2S2. The van der Waals surface area contributed by atoms with E-state index in [4.69, 9.17) is 18.1 Å². The Morgan fingerprint density at radius 2 is 0.632 bits per heavy atom. The summed E-state index contributed by atoms with van der Waals surface area (Å²) in [7, 11) is -15.0. The molecule has 0 atom stereocenters. The average Bonchev–Trinajstić information content (AvgIpc) is 0.738. The van der Waals surface area contributed by atoms with Crippen LogP contribution >= 0.6 is 17.1 Å². The second-order valence-electron chi connectivity index (χ2n) is 35.0. The number of hydrogen-bond donors (Lipinski definition) is 0. The number of anilines is 1. The SMILES string of the molecule is Cc1ccc(S(=O)(=O)N(Cc2ccccc2N(P2Oc3c(cc(C(C)(C)C)cc3C(C)(C)C)C(C)c3cc(C(C)(C)C)cc(C(C)(C)C)c3O2)S(=O)(=O)c2ccc(C)cc2)P2Oc3c(cc(C(C)(C)C)cc3C(C)(C)C)C(C)c3cc(C(C)(C)C)cc(C(C)(C)C)c3O2)cc1. The third-order valence-corrected chi connectivity index (χ3v) is 26.2. The molecule has 9 rings (SSSR count). The summed E-state index contributed by atoms with van der Waals surface area (Å²) in [5.41, 5.74) is 10.8. The molecule has 2 aliphatic rings. The largest absolute Gasteiger partial charge is 0.432 e. The highest BCUT2D eigenvalue weighted by Crippen LogP contribution is 2.62. The summed E-state index contributed by atoms with van der Waals surface area (Å²) in [5, 5.41) is 0. The van der Waals surface area contributed by atoms with Crippen LogP contribution in [0.5, 0.6) is 23.0 Å². The van der Waals surface area contributed by atoms with Gasteiger partial charge in [0.05, 0.1) is 22.0 Å². The predicted molar refractivity (Wildman–Crippen MR) is 398 cm³/mol.